The van der Waals surface area contributed by atoms with E-state index in [0.717, 1.165) is 50.0 Å². The van der Waals surface area contributed by atoms with Gasteiger partial charge in [0, 0.05) is 12.5 Å². The second kappa shape index (κ2) is 10.7. The van der Waals surface area contributed by atoms with Crippen LogP contribution < -0.4 is 4.74 Å². The summed E-state index contributed by atoms with van der Waals surface area (Å²) in [5, 5.41) is 0. The third-order valence-electron chi connectivity index (χ3n) is 6.26. The Morgan fingerprint density at radius 3 is 1.69 bits per heavy atom. The molecule has 3 aromatic rings. The van der Waals surface area contributed by atoms with E-state index >= 15 is 0 Å². The lowest BCUT2D eigenvalue weighted by atomic mass is 9.76. The SMILES string of the molecule is Fc1ccc(OCCCN2CCC(C(c3ccc(F)cc3)c3ccc(F)cc3)CC2)cc1. The molecule has 0 spiro atoms. The molecule has 1 aliphatic heterocycles. The van der Waals surface area contributed by atoms with Crippen molar-refractivity contribution in [1.29, 1.82) is 0 Å². The Labute approximate surface area is 187 Å². The van der Waals surface area contributed by atoms with Crippen LogP contribution >= 0.6 is 0 Å². The third kappa shape index (κ3) is 5.92. The van der Waals surface area contributed by atoms with E-state index in [1.807, 2.05) is 24.3 Å². The Hall–Kier alpha value is -2.79. The van der Waals surface area contributed by atoms with Crippen molar-refractivity contribution < 1.29 is 17.9 Å². The largest absolute Gasteiger partial charge is 0.494 e. The highest BCUT2D eigenvalue weighted by Crippen LogP contribution is 2.38. The summed E-state index contributed by atoms with van der Waals surface area (Å²) in [5.74, 6) is 0.470. The molecule has 0 unspecified atom stereocenters. The molecule has 5 heteroatoms. The highest BCUT2D eigenvalue weighted by Gasteiger charge is 2.29. The second-order valence-corrected chi connectivity index (χ2v) is 8.42. The van der Waals surface area contributed by atoms with Crippen LogP contribution in [0.1, 0.15) is 36.3 Å². The van der Waals surface area contributed by atoms with E-state index in [2.05, 4.69) is 4.90 Å². The van der Waals surface area contributed by atoms with Gasteiger partial charge in [0.15, 0.2) is 0 Å². The van der Waals surface area contributed by atoms with Crippen LogP contribution in [-0.2, 0) is 0 Å². The zero-order chi connectivity index (χ0) is 22.3. The zero-order valence-corrected chi connectivity index (χ0v) is 18.0. The summed E-state index contributed by atoms with van der Waals surface area (Å²) >= 11 is 0. The molecule has 168 valence electrons. The lowest BCUT2D eigenvalue weighted by molar-refractivity contribution is 0.163. The fraction of sp³-hybridized carbons (Fsp3) is 0.333. The van der Waals surface area contributed by atoms with Crippen LogP contribution in [0, 0.1) is 23.4 Å². The van der Waals surface area contributed by atoms with Gasteiger partial charge in [-0.25, -0.2) is 13.2 Å². The van der Waals surface area contributed by atoms with Crippen molar-refractivity contribution in [2.24, 2.45) is 5.92 Å². The molecule has 0 N–H and O–H groups in total. The fourth-order valence-electron chi connectivity index (χ4n) is 4.60. The number of rotatable bonds is 8. The number of nitrogens with zero attached hydrogens (tertiary/aromatic N) is 1. The van der Waals surface area contributed by atoms with Gasteiger partial charge in [0.2, 0.25) is 0 Å². The first-order chi connectivity index (χ1) is 15.6. The van der Waals surface area contributed by atoms with Gasteiger partial charge >= 0.3 is 0 Å². The molecule has 1 saturated heterocycles. The minimum absolute atomic E-state index is 0.125. The number of hydrogen-bond acceptors (Lipinski definition) is 2. The number of piperidine rings is 1. The molecule has 32 heavy (non-hydrogen) atoms. The lowest BCUT2D eigenvalue weighted by Crippen LogP contribution is -2.36. The van der Waals surface area contributed by atoms with E-state index in [9.17, 15) is 13.2 Å². The summed E-state index contributed by atoms with van der Waals surface area (Å²) < 4.78 is 45.6. The minimum atomic E-state index is -0.264. The van der Waals surface area contributed by atoms with Gasteiger partial charge < -0.3 is 9.64 Å². The molecule has 0 aliphatic carbocycles. The van der Waals surface area contributed by atoms with Gasteiger partial charge in [-0.1, -0.05) is 24.3 Å². The summed E-state index contributed by atoms with van der Waals surface area (Å²) in [7, 11) is 0. The molecule has 2 nitrogen and oxygen atoms in total. The predicted octanol–water partition coefficient (Wildman–Crippen LogP) is 6.42. The van der Waals surface area contributed by atoms with Crippen LogP contribution in [0.5, 0.6) is 5.75 Å². The summed E-state index contributed by atoms with van der Waals surface area (Å²) in [6, 6.07) is 19.5. The van der Waals surface area contributed by atoms with E-state index in [-0.39, 0.29) is 23.4 Å². The van der Waals surface area contributed by atoms with Crippen molar-refractivity contribution in [2.75, 3.05) is 26.2 Å². The molecule has 0 radical (unpaired) electrons. The van der Waals surface area contributed by atoms with Gasteiger partial charge in [-0.05, 0) is 97.9 Å². The fourth-order valence-corrected chi connectivity index (χ4v) is 4.60. The van der Waals surface area contributed by atoms with Gasteiger partial charge in [-0.15, -0.1) is 0 Å². The highest BCUT2D eigenvalue weighted by atomic mass is 19.1. The first-order valence-electron chi connectivity index (χ1n) is 11.2. The van der Waals surface area contributed by atoms with Gasteiger partial charge in [-0.2, -0.15) is 0 Å². The molecule has 0 saturated carbocycles. The molecular weight excluding hydrogens is 411 g/mol. The van der Waals surface area contributed by atoms with Crippen LogP contribution in [0.2, 0.25) is 0 Å². The topological polar surface area (TPSA) is 12.5 Å². The first kappa shape index (κ1) is 22.4. The normalized spacial score (nSPS) is 15.2. The van der Waals surface area contributed by atoms with Gasteiger partial charge in [0.25, 0.3) is 0 Å². The molecule has 0 bridgehead atoms. The Bertz CT molecular complexity index is 920. The molecule has 1 heterocycles. The average molecular weight is 440 g/mol. The van der Waals surface area contributed by atoms with Crippen LogP contribution in [0.25, 0.3) is 0 Å². The number of hydrogen-bond donors (Lipinski definition) is 0. The van der Waals surface area contributed by atoms with Gasteiger partial charge in [0.1, 0.15) is 23.2 Å². The van der Waals surface area contributed by atoms with Crippen molar-refractivity contribution in [3.63, 3.8) is 0 Å². The maximum absolute atomic E-state index is 13.5. The van der Waals surface area contributed by atoms with E-state index < -0.39 is 0 Å². The molecule has 0 aromatic heterocycles. The van der Waals surface area contributed by atoms with Crippen molar-refractivity contribution >= 4 is 0 Å². The Kier molecular flexibility index (Phi) is 7.48. The van der Waals surface area contributed by atoms with Crippen LogP contribution in [-0.4, -0.2) is 31.1 Å². The summed E-state index contributed by atoms with van der Waals surface area (Å²) in [6.45, 7) is 3.52. The van der Waals surface area contributed by atoms with E-state index in [4.69, 9.17) is 4.74 Å². The van der Waals surface area contributed by atoms with E-state index in [1.165, 1.54) is 36.4 Å². The zero-order valence-electron chi connectivity index (χ0n) is 18.0. The molecule has 3 aromatic carbocycles. The monoisotopic (exact) mass is 439 g/mol. The van der Waals surface area contributed by atoms with Crippen molar-refractivity contribution in [3.8, 4) is 5.75 Å². The second-order valence-electron chi connectivity index (χ2n) is 8.42. The predicted molar refractivity (Wildman–Crippen MR) is 120 cm³/mol. The number of benzene rings is 3. The number of halogens is 3. The van der Waals surface area contributed by atoms with Crippen molar-refractivity contribution in [2.45, 2.75) is 25.2 Å². The Balaban J connectivity index is 1.32. The minimum Gasteiger partial charge on any atom is -0.494 e. The Morgan fingerprint density at radius 1 is 0.719 bits per heavy atom. The van der Waals surface area contributed by atoms with E-state index in [0.29, 0.717) is 18.3 Å². The van der Waals surface area contributed by atoms with Crippen LogP contribution in [0.4, 0.5) is 13.2 Å². The molecule has 1 fully saturated rings. The number of likely N-dealkylation sites (tertiary alicyclic amines) is 1. The molecular formula is C27H28F3NO. The van der Waals surface area contributed by atoms with E-state index in [1.54, 1.807) is 12.1 Å². The standard InChI is InChI=1S/C27H28F3NO/c28-23-6-2-20(3-7-23)27(21-4-8-24(29)9-5-21)22-14-17-31(18-15-22)16-1-19-32-26-12-10-25(30)11-13-26/h2-13,22,27H,1,14-19H2. The molecule has 4 rings (SSSR count). The quantitative estimate of drug-likeness (QED) is 0.376. The average Bonchev–Trinajstić information content (AvgIpc) is 2.81. The van der Waals surface area contributed by atoms with Crippen molar-refractivity contribution in [1.82, 2.24) is 4.90 Å². The molecule has 0 atom stereocenters. The van der Waals surface area contributed by atoms with Crippen LogP contribution in [0.15, 0.2) is 72.8 Å². The maximum atomic E-state index is 13.5. The first-order valence-corrected chi connectivity index (χ1v) is 11.2. The van der Waals surface area contributed by atoms with Gasteiger partial charge in [-0.3, -0.25) is 0 Å². The highest BCUT2D eigenvalue weighted by molar-refractivity contribution is 5.34. The van der Waals surface area contributed by atoms with Crippen molar-refractivity contribution in [3.05, 3.63) is 101 Å². The third-order valence-corrected chi connectivity index (χ3v) is 6.26. The summed E-state index contributed by atoms with van der Waals surface area (Å²) in [6.07, 6.45) is 2.96. The Morgan fingerprint density at radius 2 is 1.19 bits per heavy atom. The molecule has 0 amide bonds. The lowest BCUT2D eigenvalue weighted by Gasteiger charge is -2.36. The number of ether oxygens (including phenoxy) is 1. The molecule has 1 aliphatic rings. The summed E-state index contributed by atoms with van der Waals surface area (Å²) in [5.41, 5.74) is 2.15. The van der Waals surface area contributed by atoms with Crippen LogP contribution in [0.3, 0.4) is 0 Å². The smallest absolute Gasteiger partial charge is 0.123 e. The van der Waals surface area contributed by atoms with Gasteiger partial charge in [0.05, 0.1) is 6.61 Å². The summed E-state index contributed by atoms with van der Waals surface area (Å²) in [4.78, 5) is 2.44. The maximum Gasteiger partial charge on any atom is 0.123 e.